The monoisotopic (exact) mass is 448 g/mol. The van der Waals surface area contributed by atoms with Crippen molar-refractivity contribution < 1.29 is 19.1 Å². The van der Waals surface area contributed by atoms with Gasteiger partial charge in [0.15, 0.2) is 0 Å². The second-order valence-electron chi connectivity index (χ2n) is 9.47. The molecule has 1 aliphatic carbocycles. The smallest absolute Gasteiger partial charge is 0.333 e. The summed E-state index contributed by atoms with van der Waals surface area (Å²) in [4.78, 5) is 29.8. The van der Waals surface area contributed by atoms with Crippen molar-refractivity contribution in [3.8, 4) is 0 Å². The number of rotatable bonds is 12. The average Bonchev–Trinajstić information content (AvgIpc) is 2.68. The van der Waals surface area contributed by atoms with Crippen LogP contribution >= 0.6 is 0 Å². The van der Waals surface area contributed by atoms with Gasteiger partial charge in [-0.15, -0.1) is 13.2 Å². The maximum absolute atomic E-state index is 12.9. The van der Waals surface area contributed by atoms with Crippen LogP contribution in [-0.2, 0) is 19.1 Å². The molecule has 1 amide bonds. The predicted octanol–water partition coefficient (Wildman–Crippen LogP) is 4.51. The van der Waals surface area contributed by atoms with E-state index in [4.69, 9.17) is 9.47 Å². The van der Waals surface area contributed by atoms with Crippen LogP contribution in [0.2, 0.25) is 0 Å². The van der Waals surface area contributed by atoms with Crippen LogP contribution in [0.1, 0.15) is 67.7 Å². The van der Waals surface area contributed by atoms with Crippen LogP contribution in [0.4, 0.5) is 0 Å². The predicted molar refractivity (Wildman–Crippen MR) is 130 cm³/mol. The first-order valence-electron chi connectivity index (χ1n) is 11.8. The average molecular weight is 449 g/mol. The van der Waals surface area contributed by atoms with Crippen molar-refractivity contribution in [3.63, 3.8) is 0 Å². The van der Waals surface area contributed by atoms with Gasteiger partial charge < -0.3 is 14.4 Å². The zero-order valence-corrected chi connectivity index (χ0v) is 21.2. The highest BCUT2D eigenvalue weighted by Crippen LogP contribution is 2.34. The molecule has 0 saturated carbocycles. The number of carbonyl (C=O) groups excluding carboxylic acids is 2. The molecule has 6 heteroatoms. The number of esters is 1. The van der Waals surface area contributed by atoms with Gasteiger partial charge in [-0.1, -0.05) is 25.5 Å². The van der Waals surface area contributed by atoms with Crippen molar-refractivity contribution in [1.29, 1.82) is 0 Å². The lowest BCUT2D eigenvalue weighted by Gasteiger charge is -2.51. The molecule has 4 unspecified atom stereocenters. The molecular formula is C26H44N2O4. The maximum atomic E-state index is 12.9. The third kappa shape index (κ3) is 7.59. The third-order valence-corrected chi connectivity index (χ3v) is 5.70. The van der Waals surface area contributed by atoms with Gasteiger partial charge >= 0.3 is 5.97 Å². The van der Waals surface area contributed by atoms with Crippen molar-refractivity contribution in [3.05, 3.63) is 37.0 Å². The largest absolute Gasteiger partial charge is 0.463 e. The van der Waals surface area contributed by atoms with E-state index in [0.29, 0.717) is 31.7 Å². The van der Waals surface area contributed by atoms with Gasteiger partial charge in [0.25, 0.3) is 0 Å². The van der Waals surface area contributed by atoms with Gasteiger partial charge in [0.05, 0.1) is 24.9 Å². The zero-order chi connectivity index (χ0) is 24.5. The molecule has 0 N–H and O–H groups in total. The molecule has 0 spiro atoms. The van der Waals surface area contributed by atoms with Crippen molar-refractivity contribution in [2.75, 3.05) is 19.7 Å². The number of carbonyl (C=O) groups is 2. The molecule has 0 saturated heterocycles. The Kier molecular flexibility index (Phi) is 11.4. The Morgan fingerprint density at radius 1 is 1.22 bits per heavy atom. The van der Waals surface area contributed by atoms with Crippen LogP contribution < -0.4 is 0 Å². The number of nitrogens with zero attached hydrogens (tertiary/aromatic N) is 2. The summed E-state index contributed by atoms with van der Waals surface area (Å²) in [6.45, 7) is 23.0. The summed E-state index contributed by atoms with van der Waals surface area (Å²) in [6.07, 6.45) is 7.48. The number of hydrogen-bond acceptors (Lipinski definition) is 5. The van der Waals surface area contributed by atoms with Crippen LogP contribution in [0.15, 0.2) is 37.0 Å². The van der Waals surface area contributed by atoms with E-state index in [2.05, 4.69) is 25.0 Å². The summed E-state index contributed by atoms with van der Waals surface area (Å²) in [7, 11) is 0. The number of ether oxygens (including phenoxy) is 2. The van der Waals surface area contributed by atoms with E-state index in [1.165, 1.54) is 0 Å². The van der Waals surface area contributed by atoms with Gasteiger partial charge in [-0.25, -0.2) is 4.79 Å². The number of hydrogen-bond donors (Lipinski definition) is 0. The van der Waals surface area contributed by atoms with Gasteiger partial charge in [0, 0.05) is 37.2 Å². The molecule has 0 aromatic carbocycles. The topological polar surface area (TPSA) is 59.1 Å². The highest BCUT2D eigenvalue weighted by molar-refractivity contribution is 5.89. The summed E-state index contributed by atoms with van der Waals surface area (Å²) >= 11 is 0. The minimum absolute atomic E-state index is 0.00743. The van der Waals surface area contributed by atoms with Gasteiger partial charge in [-0.05, 0) is 53.5 Å². The minimum Gasteiger partial charge on any atom is -0.463 e. The zero-order valence-electron chi connectivity index (χ0n) is 21.2. The molecule has 1 rings (SSSR count). The van der Waals surface area contributed by atoms with Crippen molar-refractivity contribution >= 4 is 11.9 Å². The third-order valence-electron chi connectivity index (χ3n) is 5.70. The fraction of sp³-hybridized carbons (Fsp3) is 0.692. The van der Waals surface area contributed by atoms with E-state index in [-0.39, 0.29) is 30.1 Å². The van der Waals surface area contributed by atoms with E-state index in [0.717, 1.165) is 12.8 Å². The van der Waals surface area contributed by atoms with Gasteiger partial charge in [0.2, 0.25) is 5.91 Å². The quantitative estimate of drug-likeness (QED) is 0.325. The van der Waals surface area contributed by atoms with E-state index in [1.54, 1.807) is 13.8 Å². The second kappa shape index (κ2) is 12.9. The molecule has 1 aliphatic rings. The van der Waals surface area contributed by atoms with Crippen molar-refractivity contribution in [2.45, 2.75) is 97.6 Å². The molecule has 4 atom stereocenters. The maximum Gasteiger partial charge on any atom is 0.333 e. The molecule has 32 heavy (non-hydrogen) atoms. The molecule has 0 aromatic rings. The molecule has 0 radical (unpaired) electrons. The molecular weight excluding hydrogens is 404 g/mol. The molecule has 0 aromatic heterocycles. The van der Waals surface area contributed by atoms with Crippen LogP contribution in [-0.4, -0.2) is 71.2 Å². The van der Waals surface area contributed by atoms with Crippen LogP contribution in [0, 0.1) is 0 Å². The van der Waals surface area contributed by atoms with E-state index in [1.807, 2.05) is 50.8 Å². The minimum atomic E-state index is -0.435. The van der Waals surface area contributed by atoms with Gasteiger partial charge in [-0.3, -0.25) is 9.69 Å². The Morgan fingerprint density at radius 2 is 1.81 bits per heavy atom. The van der Waals surface area contributed by atoms with Crippen molar-refractivity contribution in [1.82, 2.24) is 9.80 Å². The first kappa shape index (κ1) is 28.1. The molecule has 0 fully saturated rings. The lowest BCUT2D eigenvalue weighted by Crippen LogP contribution is -2.65. The summed E-state index contributed by atoms with van der Waals surface area (Å²) < 4.78 is 11.8. The van der Waals surface area contributed by atoms with Crippen LogP contribution in [0.25, 0.3) is 0 Å². The Labute approximate surface area is 195 Å². The normalized spacial score (nSPS) is 22.1. The van der Waals surface area contributed by atoms with E-state index >= 15 is 0 Å². The Morgan fingerprint density at radius 3 is 2.25 bits per heavy atom. The summed E-state index contributed by atoms with van der Waals surface area (Å²) in [5.74, 6) is -0.343. The summed E-state index contributed by atoms with van der Waals surface area (Å²) in [5.41, 5.74) is 0.172. The van der Waals surface area contributed by atoms with Crippen LogP contribution in [0.5, 0.6) is 0 Å². The molecule has 182 valence electrons. The lowest BCUT2D eigenvalue weighted by molar-refractivity contribution is -0.148. The fourth-order valence-corrected chi connectivity index (χ4v) is 4.64. The first-order chi connectivity index (χ1) is 15.0. The van der Waals surface area contributed by atoms with E-state index < -0.39 is 11.6 Å². The molecule has 0 bridgehead atoms. The fourth-order valence-electron chi connectivity index (χ4n) is 4.64. The molecule has 6 nitrogen and oxygen atoms in total. The van der Waals surface area contributed by atoms with E-state index in [9.17, 15) is 9.59 Å². The van der Waals surface area contributed by atoms with Gasteiger partial charge in [-0.2, -0.15) is 0 Å². The van der Waals surface area contributed by atoms with Crippen molar-refractivity contribution in [2.24, 2.45) is 0 Å². The Bertz CT molecular complexity index is 670. The molecule has 0 aliphatic heterocycles. The highest BCUT2D eigenvalue weighted by atomic mass is 16.5. The SMILES string of the molecule is C=CCN(CC=C)C1CC(C(=O)OCC)=CC(OC(C)CCC)C1N(C(C)=O)C(C)(C)C. The highest BCUT2D eigenvalue weighted by Gasteiger charge is 2.46. The summed E-state index contributed by atoms with van der Waals surface area (Å²) in [6, 6.07) is -0.428. The first-order valence-corrected chi connectivity index (χ1v) is 11.8. The standard InChI is InChI=1S/C26H44N2O4/c1-10-14-19(5)32-23-18-21(25(30)31-13-4)17-22(27(15-11-2)16-12-3)24(23)28(20(6)29)26(7,8)9/h11-12,18-19,22-24H,2-3,10,13-17H2,1,4-9H3. The Hall–Kier alpha value is -1.92. The van der Waals surface area contributed by atoms with Crippen LogP contribution in [0.3, 0.4) is 0 Å². The lowest BCUT2D eigenvalue weighted by atomic mass is 9.83. The van der Waals surface area contributed by atoms with Gasteiger partial charge in [0.1, 0.15) is 0 Å². The number of amides is 1. The summed E-state index contributed by atoms with van der Waals surface area (Å²) in [5, 5.41) is 0. The second-order valence-corrected chi connectivity index (χ2v) is 9.47. The molecule has 0 heterocycles. The Balaban J connectivity index is 3.65.